The number of nitrogens with zero attached hydrogens (tertiary/aromatic N) is 5. The molecule has 2 fully saturated rings. The van der Waals surface area contributed by atoms with Crippen LogP contribution in [0.5, 0.6) is 0 Å². The van der Waals surface area contributed by atoms with Gasteiger partial charge in [-0.25, -0.2) is 14.4 Å². The van der Waals surface area contributed by atoms with Gasteiger partial charge >= 0.3 is 0 Å². The molecule has 0 radical (unpaired) electrons. The van der Waals surface area contributed by atoms with E-state index in [1.807, 2.05) is 26.0 Å². The van der Waals surface area contributed by atoms with Crippen molar-refractivity contribution in [1.82, 2.24) is 30.0 Å². The van der Waals surface area contributed by atoms with Gasteiger partial charge in [-0.2, -0.15) is 5.10 Å². The summed E-state index contributed by atoms with van der Waals surface area (Å²) in [6.07, 6.45) is 4.77. The van der Waals surface area contributed by atoms with Crippen molar-refractivity contribution in [3.05, 3.63) is 76.2 Å². The highest BCUT2D eigenvalue weighted by Gasteiger charge is 2.64. The largest absolute Gasteiger partial charge is 0.345 e. The summed E-state index contributed by atoms with van der Waals surface area (Å²) in [7, 11) is 0. The Hall–Kier alpha value is -4.18. The smallest absolute Gasteiger partial charge is 0.245 e. The number of hydrogen-bond acceptors (Lipinski definition) is 6. The van der Waals surface area contributed by atoms with Crippen molar-refractivity contribution < 1.29 is 18.8 Å². The van der Waals surface area contributed by atoms with E-state index in [2.05, 4.69) is 27.3 Å². The maximum atomic E-state index is 14.9. The third-order valence-corrected chi connectivity index (χ3v) is 9.35. The van der Waals surface area contributed by atoms with Gasteiger partial charge in [0.25, 0.3) is 0 Å². The zero-order valence-corrected chi connectivity index (χ0v) is 26.3. The van der Waals surface area contributed by atoms with E-state index in [0.717, 1.165) is 23.1 Å². The summed E-state index contributed by atoms with van der Waals surface area (Å²) in [6, 6.07) is 7.72. The van der Waals surface area contributed by atoms with Crippen molar-refractivity contribution in [2.75, 3.05) is 0 Å². The average Bonchev–Trinajstić information content (AvgIpc) is 3.30. The van der Waals surface area contributed by atoms with E-state index in [-0.39, 0.29) is 51.9 Å². The van der Waals surface area contributed by atoms with Gasteiger partial charge in [0.15, 0.2) is 5.78 Å². The van der Waals surface area contributed by atoms with Crippen molar-refractivity contribution in [3.8, 4) is 11.1 Å². The molecule has 2 aromatic carbocycles. The number of nitrogens with one attached hydrogen (secondary N) is 1. The van der Waals surface area contributed by atoms with E-state index in [1.54, 1.807) is 48.0 Å². The molecule has 1 saturated heterocycles. The molecule has 3 atom stereocenters. The molecule has 2 aromatic heterocycles. The second-order valence-electron chi connectivity index (χ2n) is 12.9. The molecule has 1 N–H and O–H groups in total. The predicted molar refractivity (Wildman–Crippen MR) is 165 cm³/mol. The monoisotopic (exact) mass is 616 g/mol. The fourth-order valence-electron chi connectivity index (χ4n) is 6.63. The minimum atomic E-state index is -1.07. The number of fused-ring (bicyclic) bond motifs is 2. The second-order valence-corrected chi connectivity index (χ2v) is 13.3. The third kappa shape index (κ3) is 5.04. The molecular formula is C33H34ClFN6O3. The SMILES string of the molecule is CC(=O)c1nn(CC(=O)N2[C@H](C(=O)NC(C)(C)c3cccc(Cl)c3F)C[C@@]3(C)C[C@@H]23)c2c(C)cc(-c3cnc(C)nc3)cc12. The molecule has 4 aromatic rings. The molecule has 1 saturated carbocycles. The topological polar surface area (TPSA) is 110 Å². The van der Waals surface area contributed by atoms with Crippen LogP contribution in [0.3, 0.4) is 0 Å². The summed E-state index contributed by atoms with van der Waals surface area (Å²) in [5.41, 5.74) is 2.45. The summed E-state index contributed by atoms with van der Waals surface area (Å²) < 4.78 is 16.4. The normalized spacial score (nSPS) is 21.0. The van der Waals surface area contributed by atoms with E-state index in [9.17, 15) is 18.8 Å². The fourth-order valence-corrected chi connectivity index (χ4v) is 6.80. The number of aryl methyl sites for hydroxylation is 2. The van der Waals surface area contributed by atoms with Crippen molar-refractivity contribution >= 4 is 40.1 Å². The Morgan fingerprint density at radius 2 is 1.82 bits per heavy atom. The molecule has 6 rings (SSSR count). The number of rotatable bonds is 7. The molecular weight excluding hydrogens is 583 g/mol. The van der Waals surface area contributed by atoms with E-state index in [1.165, 1.54) is 13.0 Å². The number of benzene rings is 2. The van der Waals surface area contributed by atoms with Crippen LogP contribution in [0.25, 0.3) is 22.0 Å². The molecule has 11 heteroatoms. The molecule has 228 valence electrons. The molecule has 0 spiro atoms. The Morgan fingerprint density at radius 1 is 1.11 bits per heavy atom. The highest BCUT2D eigenvalue weighted by molar-refractivity contribution is 6.30. The highest BCUT2D eigenvalue weighted by atomic mass is 35.5. The first-order valence-corrected chi connectivity index (χ1v) is 15.0. The minimum Gasteiger partial charge on any atom is -0.345 e. The highest BCUT2D eigenvalue weighted by Crippen LogP contribution is 2.59. The van der Waals surface area contributed by atoms with Gasteiger partial charge in [0.2, 0.25) is 11.8 Å². The standard InChI is InChI=1S/C33H34ClFN6O3/c1-17-10-20(21-14-36-19(3)37-15-21)11-22-29(18(2)42)39-40(30(17)22)16-27(43)41-25(12-33(6)13-26(33)41)31(44)38-32(4,5)23-8-7-9-24(34)28(23)35/h7-11,14-15,25-26H,12-13,16H2,1-6H3,(H,38,44)/t25-,26+,33-/m0/s1. The summed E-state index contributed by atoms with van der Waals surface area (Å²) in [5, 5.41) is 8.16. The number of hydrogen-bond donors (Lipinski definition) is 1. The van der Waals surface area contributed by atoms with Gasteiger partial charge in [0.1, 0.15) is 29.9 Å². The van der Waals surface area contributed by atoms with Gasteiger partial charge in [-0.3, -0.25) is 19.1 Å². The van der Waals surface area contributed by atoms with Crippen LogP contribution < -0.4 is 5.32 Å². The van der Waals surface area contributed by atoms with E-state index >= 15 is 0 Å². The third-order valence-electron chi connectivity index (χ3n) is 9.05. The molecule has 9 nitrogen and oxygen atoms in total. The summed E-state index contributed by atoms with van der Waals surface area (Å²) >= 11 is 6.01. The number of halogens is 2. The van der Waals surface area contributed by atoms with E-state index < -0.39 is 17.4 Å². The number of piperidine rings is 1. The maximum absolute atomic E-state index is 14.9. The maximum Gasteiger partial charge on any atom is 0.245 e. The van der Waals surface area contributed by atoms with Crippen LogP contribution in [0.15, 0.2) is 42.7 Å². The Bertz CT molecular complexity index is 1850. The van der Waals surface area contributed by atoms with E-state index in [0.29, 0.717) is 23.1 Å². The minimum absolute atomic E-state index is 0.0257. The van der Waals surface area contributed by atoms with Crippen molar-refractivity contribution in [2.24, 2.45) is 5.41 Å². The zero-order chi connectivity index (χ0) is 31.7. The molecule has 2 amide bonds. The van der Waals surface area contributed by atoms with Crippen LogP contribution in [-0.2, 0) is 21.7 Å². The van der Waals surface area contributed by atoms with Crippen LogP contribution in [0, 0.1) is 25.1 Å². The quantitative estimate of drug-likeness (QED) is 0.273. The summed E-state index contributed by atoms with van der Waals surface area (Å²) in [6.45, 7) is 10.5. The molecule has 0 unspecified atom stereocenters. The van der Waals surface area contributed by atoms with E-state index in [4.69, 9.17) is 11.6 Å². The Balaban J connectivity index is 1.30. The van der Waals surface area contributed by atoms with Crippen LogP contribution in [0.1, 0.15) is 68.0 Å². The molecule has 0 bridgehead atoms. The molecule has 2 aliphatic rings. The van der Waals surface area contributed by atoms with Crippen molar-refractivity contribution in [1.29, 1.82) is 0 Å². The Labute approximate surface area is 259 Å². The van der Waals surface area contributed by atoms with Crippen LogP contribution in [0.4, 0.5) is 4.39 Å². The van der Waals surface area contributed by atoms with Gasteiger partial charge in [-0.15, -0.1) is 0 Å². The first-order chi connectivity index (χ1) is 20.7. The van der Waals surface area contributed by atoms with Crippen LogP contribution in [-0.4, -0.2) is 54.3 Å². The number of carbonyl (C=O) groups is 3. The van der Waals surface area contributed by atoms with Crippen LogP contribution in [0.2, 0.25) is 5.02 Å². The van der Waals surface area contributed by atoms with Crippen LogP contribution >= 0.6 is 11.6 Å². The number of Topliss-reactive ketones (excluding diaryl/α,β-unsaturated/α-hetero) is 1. The summed E-state index contributed by atoms with van der Waals surface area (Å²) in [5.74, 6) is -0.774. The van der Waals surface area contributed by atoms with Gasteiger partial charge < -0.3 is 10.2 Å². The van der Waals surface area contributed by atoms with Gasteiger partial charge in [-0.1, -0.05) is 30.7 Å². The fraction of sp³-hybridized carbons (Fsp3) is 0.394. The van der Waals surface area contributed by atoms with Gasteiger partial charge in [0, 0.05) is 41.9 Å². The zero-order valence-electron chi connectivity index (χ0n) is 25.5. The number of carbonyl (C=O) groups excluding carboxylic acids is 3. The Kier molecular flexibility index (Phi) is 7.11. The van der Waals surface area contributed by atoms with Gasteiger partial charge in [-0.05, 0) is 75.3 Å². The number of ketones is 1. The molecule has 3 heterocycles. The second kappa shape index (κ2) is 10.5. The lowest BCUT2D eigenvalue weighted by Gasteiger charge is -2.33. The lowest BCUT2D eigenvalue weighted by atomic mass is 9.92. The lowest BCUT2D eigenvalue weighted by molar-refractivity contribution is -0.141. The first kappa shape index (κ1) is 29.9. The molecule has 44 heavy (non-hydrogen) atoms. The number of amides is 2. The Morgan fingerprint density at radius 3 is 2.50 bits per heavy atom. The molecule has 1 aliphatic carbocycles. The number of aromatic nitrogens is 4. The van der Waals surface area contributed by atoms with Gasteiger partial charge in [0.05, 0.1) is 16.1 Å². The average molecular weight is 617 g/mol. The first-order valence-electron chi connectivity index (χ1n) is 14.6. The number of likely N-dealkylation sites (tertiary alicyclic amines) is 1. The lowest BCUT2D eigenvalue weighted by Crippen LogP contribution is -2.53. The van der Waals surface area contributed by atoms with Crippen molar-refractivity contribution in [2.45, 2.75) is 78.6 Å². The summed E-state index contributed by atoms with van der Waals surface area (Å²) in [4.78, 5) is 50.6. The predicted octanol–water partition coefficient (Wildman–Crippen LogP) is 5.54. The molecule has 1 aliphatic heterocycles. The van der Waals surface area contributed by atoms with Crippen molar-refractivity contribution in [3.63, 3.8) is 0 Å².